The Morgan fingerprint density at radius 1 is 1.03 bits per heavy atom. The number of benzene rings is 1. The number of aliphatic hydroxyl groups excluding tert-OH is 1. The van der Waals surface area contributed by atoms with Crippen molar-refractivity contribution in [3.63, 3.8) is 0 Å². The highest BCUT2D eigenvalue weighted by Crippen LogP contribution is 2.66. The van der Waals surface area contributed by atoms with Crippen LogP contribution in [0.4, 0.5) is 0 Å². The Labute approximate surface area is 181 Å². The zero-order valence-corrected chi connectivity index (χ0v) is 18.5. The molecule has 30 heavy (non-hydrogen) atoms. The van der Waals surface area contributed by atoms with Crippen LogP contribution in [-0.2, 0) is 4.79 Å². The topological polar surface area (TPSA) is 37.3 Å². The third-order valence-electron chi connectivity index (χ3n) is 9.66. The molecule has 0 radical (unpaired) electrons. The van der Waals surface area contributed by atoms with Crippen LogP contribution in [0.15, 0.2) is 48.1 Å². The highest BCUT2D eigenvalue weighted by molar-refractivity contribution is 5.96. The molecule has 3 saturated carbocycles. The molecule has 3 fully saturated rings. The van der Waals surface area contributed by atoms with Crippen LogP contribution in [0.25, 0.3) is 6.08 Å². The second kappa shape index (κ2) is 7.48. The number of carbonyl (C=O) groups is 1. The fourth-order valence-electron chi connectivity index (χ4n) is 7.97. The summed E-state index contributed by atoms with van der Waals surface area (Å²) in [6.07, 6.45) is 15.0. The molecule has 1 aromatic rings. The van der Waals surface area contributed by atoms with Crippen molar-refractivity contribution in [2.75, 3.05) is 0 Å². The van der Waals surface area contributed by atoms with Crippen molar-refractivity contribution in [1.82, 2.24) is 0 Å². The number of carbonyl (C=O) groups excluding carboxylic acids is 1. The minimum absolute atomic E-state index is 0.139. The van der Waals surface area contributed by atoms with Crippen LogP contribution in [-0.4, -0.2) is 17.0 Å². The van der Waals surface area contributed by atoms with E-state index in [1.165, 1.54) is 24.8 Å². The molecule has 5 rings (SSSR count). The van der Waals surface area contributed by atoms with Gasteiger partial charge >= 0.3 is 0 Å². The Balaban J connectivity index is 1.36. The summed E-state index contributed by atoms with van der Waals surface area (Å²) >= 11 is 0. The highest BCUT2D eigenvalue weighted by Gasteiger charge is 2.59. The molecule has 1 aromatic carbocycles. The van der Waals surface area contributed by atoms with Gasteiger partial charge in [-0.2, -0.15) is 0 Å². The van der Waals surface area contributed by atoms with Gasteiger partial charge in [0.2, 0.25) is 0 Å². The number of hydrogen-bond donors (Lipinski definition) is 1. The van der Waals surface area contributed by atoms with E-state index in [4.69, 9.17) is 0 Å². The van der Waals surface area contributed by atoms with Crippen LogP contribution < -0.4 is 0 Å². The van der Waals surface area contributed by atoms with Crippen LogP contribution in [0.5, 0.6) is 0 Å². The second-order valence-electron chi connectivity index (χ2n) is 11.0. The number of ketones is 1. The van der Waals surface area contributed by atoms with Crippen molar-refractivity contribution < 1.29 is 9.90 Å². The van der Waals surface area contributed by atoms with Gasteiger partial charge in [0.25, 0.3) is 0 Å². The number of fused-ring (bicyclic) bond motifs is 5. The Morgan fingerprint density at radius 3 is 2.63 bits per heavy atom. The smallest absolute Gasteiger partial charge is 0.159 e. The number of allylic oxidation sites excluding steroid dienone is 2. The summed E-state index contributed by atoms with van der Waals surface area (Å²) in [6, 6.07) is 10.2. The molecule has 0 aliphatic heterocycles. The summed E-state index contributed by atoms with van der Waals surface area (Å²) in [4.78, 5) is 13.2. The number of hydrogen-bond acceptors (Lipinski definition) is 2. The van der Waals surface area contributed by atoms with Crippen molar-refractivity contribution in [3.8, 4) is 0 Å². The van der Waals surface area contributed by atoms with Gasteiger partial charge in [-0.3, -0.25) is 4.79 Å². The lowest BCUT2D eigenvalue weighted by Crippen LogP contribution is -2.50. The van der Waals surface area contributed by atoms with Gasteiger partial charge in [0.1, 0.15) is 0 Å². The summed E-state index contributed by atoms with van der Waals surface area (Å²) in [6.45, 7) is 4.90. The molecule has 160 valence electrons. The van der Waals surface area contributed by atoms with E-state index in [0.29, 0.717) is 17.6 Å². The van der Waals surface area contributed by atoms with Gasteiger partial charge in [0.05, 0.1) is 6.10 Å². The molecule has 0 spiro atoms. The van der Waals surface area contributed by atoms with Crippen molar-refractivity contribution >= 4 is 11.9 Å². The minimum Gasteiger partial charge on any atom is -0.393 e. The first-order chi connectivity index (χ1) is 14.4. The minimum atomic E-state index is -0.139. The average molecular weight is 405 g/mol. The quantitative estimate of drug-likeness (QED) is 0.480. The molecule has 1 N–H and O–H groups in total. The SMILES string of the molecule is C[C@]12CC[C@H]3[C@@H](CC=C4C[C@@H](O)CC[C@@]43C)[C@@H]1CC[C@@H]2C(=O)/C=C/c1ccccc1. The van der Waals surface area contributed by atoms with Gasteiger partial charge in [0.15, 0.2) is 5.78 Å². The molecule has 2 nitrogen and oxygen atoms in total. The van der Waals surface area contributed by atoms with Gasteiger partial charge in [-0.05, 0) is 91.6 Å². The lowest BCUT2D eigenvalue weighted by Gasteiger charge is -2.57. The van der Waals surface area contributed by atoms with E-state index < -0.39 is 0 Å². The van der Waals surface area contributed by atoms with Gasteiger partial charge in [-0.15, -0.1) is 0 Å². The van der Waals surface area contributed by atoms with Crippen molar-refractivity contribution in [3.05, 3.63) is 53.6 Å². The first-order valence-corrected chi connectivity index (χ1v) is 12.1. The Hall–Kier alpha value is -1.67. The predicted octanol–water partition coefficient (Wildman–Crippen LogP) is 6.21. The molecular weight excluding hydrogens is 368 g/mol. The van der Waals surface area contributed by atoms with E-state index >= 15 is 0 Å². The monoisotopic (exact) mass is 404 g/mol. The third kappa shape index (κ3) is 3.14. The number of rotatable bonds is 3. The van der Waals surface area contributed by atoms with Crippen molar-refractivity contribution in [1.29, 1.82) is 0 Å². The maximum atomic E-state index is 13.2. The summed E-state index contributed by atoms with van der Waals surface area (Å²) in [5.74, 6) is 2.62. The molecule has 0 amide bonds. The molecule has 0 bridgehead atoms. The Morgan fingerprint density at radius 2 is 1.83 bits per heavy atom. The first kappa shape index (κ1) is 20.2. The lowest BCUT2D eigenvalue weighted by atomic mass is 9.47. The van der Waals surface area contributed by atoms with Crippen LogP contribution >= 0.6 is 0 Å². The molecule has 0 saturated heterocycles. The van der Waals surface area contributed by atoms with Crippen LogP contribution in [0.3, 0.4) is 0 Å². The van der Waals surface area contributed by atoms with Gasteiger partial charge in [0, 0.05) is 5.92 Å². The van der Waals surface area contributed by atoms with Gasteiger partial charge < -0.3 is 5.11 Å². The van der Waals surface area contributed by atoms with Crippen LogP contribution in [0, 0.1) is 34.5 Å². The van der Waals surface area contributed by atoms with Gasteiger partial charge in [-0.1, -0.05) is 61.9 Å². The largest absolute Gasteiger partial charge is 0.393 e. The summed E-state index contributed by atoms with van der Waals surface area (Å²) < 4.78 is 0. The maximum Gasteiger partial charge on any atom is 0.159 e. The maximum absolute atomic E-state index is 13.2. The first-order valence-electron chi connectivity index (χ1n) is 12.1. The Bertz CT molecular complexity index is 868. The molecule has 4 aliphatic rings. The van der Waals surface area contributed by atoms with Crippen LogP contribution in [0.2, 0.25) is 0 Å². The van der Waals surface area contributed by atoms with Gasteiger partial charge in [-0.25, -0.2) is 0 Å². The normalized spacial score (nSPS) is 42.9. The lowest BCUT2D eigenvalue weighted by molar-refractivity contribution is -0.124. The molecule has 4 aliphatic carbocycles. The average Bonchev–Trinajstić information content (AvgIpc) is 3.10. The fourth-order valence-corrected chi connectivity index (χ4v) is 7.97. The summed E-state index contributed by atoms with van der Waals surface area (Å²) in [5.41, 5.74) is 3.06. The van der Waals surface area contributed by atoms with E-state index in [9.17, 15) is 9.90 Å². The van der Waals surface area contributed by atoms with Crippen molar-refractivity contribution in [2.45, 2.75) is 71.3 Å². The molecule has 2 heteroatoms. The zero-order chi connectivity index (χ0) is 20.9. The molecule has 0 unspecified atom stereocenters. The molecule has 0 aromatic heterocycles. The second-order valence-corrected chi connectivity index (χ2v) is 11.0. The van der Waals surface area contributed by atoms with E-state index in [1.54, 1.807) is 0 Å². The fraction of sp³-hybridized carbons (Fsp3) is 0.607. The third-order valence-corrected chi connectivity index (χ3v) is 9.66. The van der Waals surface area contributed by atoms with Crippen LogP contribution in [0.1, 0.15) is 70.8 Å². The summed E-state index contributed by atoms with van der Waals surface area (Å²) in [5, 5.41) is 10.2. The number of aliphatic hydroxyl groups is 1. The predicted molar refractivity (Wildman–Crippen MR) is 122 cm³/mol. The van der Waals surface area contributed by atoms with Crippen molar-refractivity contribution in [2.24, 2.45) is 34.5 Å². The molecular formula is C28H36O2. The standard InChI is InChI=1S/C28H36O2/c1-27-16-14-21(29)18-20(27)9-10-22-23-11-12-25(28(23,2)17-15-24(22)27)26(30)13-8-19-6-4-3-5-7-19/h3-9,13,21-25,29H,10-12,14-18H2,1-2H3/b13-8+/t21-,22-,23-,24-,25+,27-,28-/m0/s1. The molecule has 7 atom stereocenters. The summed E-state index contributed by atoms with van der Waals surface area (Å²) in [7, 11) is 0. The molecule has 0 heterocycles. The van der Waals surface area contributed by atoms with E-state index in [-0.39, 0.29) is 22.9 Å². The Kier molecular flexibility index (Phi) is 5.05. The zero-order valence-electron chi connectivity index (χ0n) is 18.5. The van der Waals surface area contributed by atoms with E-state index in [2.05, 4.69) is 32.1 Å². The van der Waals surface area contributed by atoms with E-state index in [0.717, 1.165) is 43.6 Å². The van der Waals surface area contributed by atoms with E-state index in [1.807, 2.05) is 30.4 Å². The highest BCUT2D eigenvalue weighted by atomic mass is 16.3.